The number of ether oxygens (including phenoxy) is 1. The van der Waals surface area contributed by atoms with Crippen molar-refractivity contribution >= 4 is 23.2 Å². The third kappa shape index (κ3) is 2.73. The third-order valence-corrected chi connectivity index (χ3v) is 4.65. The first-order valence-corrected chi connectivity index (χ1v) is 8.01. The molecule has 0 spiro atoms. The number of hydrogen-bond acceptors (Lipinski definition) is 3. The highest BCUT2D eigenvalue weighted by atomic mass is 16.5. The van der Waals surface area contributed by atoms with E-state index in [0.29, 0.717) is 6.42 Å². The molecule has 5 heteroatoms. The van der Waals surface area contributed by atoms with Gasteiger partial charge in [0.25, 0.3) is 0 Å². The summed E-state index contributed by atoms with van der Waals surface area (Å²) in [5.41, 5.74) is 3.64. The molecule has 1 aliphatic carbocycles. The van der Waals surface area contributed by atoms with E-state index in [1.54, 1.807) is 7.11 Å². The van der Waals surface area contributed by atoms with Gasteiger partial charge in [-0.05, 0) is 53.8 Å². The van der Waals surface area contributed by atoms with Gasteiger partial charge in [-0.25, -0.2) is 0 Å². The van der Waals surface area contributed by atoms with E-state index in [0.717, 1.165) is 34.7 Å². The summed E-state index contributed by atoms with van der Waals surface area (Å²) >= 11 is 0. The number of carbonyl (C=O) groups excluding carboxylic acids is 2. The number of amides is 2. The van der Waals surface area contributed by atoms with Gasteiger partial charge >= 0.3 is 0 Å². The fourth-order valence-electron chi connectivity index (χ4n) is 3.27. The highest BCUT2D eigenvalue weighted by Crippen LogP contribution is 2.48. The highest BCUT2D eigenvalue weighted by Gasteiger charge is 2.44. The normalized spacial score (nSPS) is 21.0. The zero-order chi connectivity index (χ0) is 16.7. The quantitative estimate of drug-likeness (QED) is 0.909. The fraction of sp³-hybridized carbons (Fsp3) is 0.263. The van der Waals surface area contributed by atoms with E-state index in [2.05, 4.69) is 10.6 Å². The Morgan fingerprint density at radius 3 is 2.96 bits per heavy atom. The molecule has 122 valence electrons. The lowest BCUT2D eigenvalue weighted by molar-refractivity contribution is -0.117. The van der Waals surface area contributed by atoms with Crippen molar-refractivity contribution < 1.29 is 14.3 Å². The van der Waals surface area contributed by atoms with Crippen LogP contribution >= 0.6 is 0 Å². The summed E-state index contributed by atoms with van der Waals surface area (Å²) in [4.78, 5) is 23.8. The fourth-order valence-corrected chi connectivity index (χ4v) is 3.27. The van der Waals surface area contributed by atoms with Crippen LogP contribution in [-0.4, -0.2) is 18.9 Å². The van der Waals surface area contributed by atoms with Crippen molar-refractivity contribution in [1.82, 2.24) is 0 Å². The van der Waals surface area contributed by atoms with Crippen LogP contribution in [0.5, 0.6) is 5.75 Å². The van der Waals surface area contributed by atoms with Crippen molar-refractivity contribution in [3.63, 3.8) is 0 Å². The molecule has 24 heavy (non-hydrogen) atoms. The van der Waals surface area contributed by atoms with Crippen LogP contribution in [0.25, 0.3) is 0 Å². The lowest BCUT2D eigenvalue weighted by atomic mass is 10.1. The molecule has 5 nitrogen and oxygen atoms in total. The van der Waals surface area contributed by atoms with E-state index in [4.69, 9.17) is 4.74 Å². The lowest BCUT2D eigenvalue weighted by Crippen LogP contribution is -2.14. The van der Waals surface area contributed by atoms with Gasteiger partial charge < -0.3 is 15.4 Å². The maximum Gasteiger partial charge on any atom is 0.228 e. The molecule has 2 N–H and O–H groups in total. The van der Waals surface area contributed by atoms with E-state index >= 15 is 0 Å². The van der Waals surface area contributed by atoms with Crippen LogP contribution in [0.3, 0.4) is 0 Å². The van der Waals surface area contributed by atoms with Gasteiger partial charge in [0.1, 0.15) is 5.75 Å². The minimum Gasteiger partial charge on any atom is -0.497 e. The van der Waals surface area contributed by atoms with Gasteiger partial charge in [0.2, 0.25) is 11.8 Å². The lowest BCUT2D eigenvalue weighted by Gasteiger charge is -2.07. The Kier molecular flexibility index (Phi) is 3.49. The molecule has 4 rings (SSSR count). The van der Waals surface area contributed by atoms with Crippen LogP contribution in [0.2, 0.25) is 0 Å². The molecule has 2 unspecified atom stereocenters. The number of rotatable bonds is 4. The third-order valence-electron chi connectivity index (χ3n) is 4.65. The summed E-state index contributed by atoms with van der Waals surface area (Å²) in [6, 6.07) is 13.4. The molecular formula is C19H18N2O3. The first kappa shape index (κ1) is 14.8. The van der Waals surface area contributed by atoms with E-state index < -0.39 is 0 Å². The van der Waals surface area contributed by atoms with E-state index in [1.807, 2.05) is 42.5 Å². The predicted octanol–water partition coefficient (Wildman–Crippen LogP) is 2.93. The van der Waals surface area contributed by atoms with Gasteiger partial charge in [-0.2, -0.15) is 0 Å². The Morgan fingerprint density at radius 1 is 1.25 bits per heavy atom. The van der Waals surface area contributed by atoms with Gasteiger partial charge in [0.05, 0.1) is 13.5 Å². The Labute approximate surface area is 140 Å². The number of benzene rings is 2. The first-order valence-electron chi connectivity index (χ1n) is 8.01. The zero-order valence-corrected chi connectivity index (χ0v) is 13.3. The monoisotopic (exact) mass is 322 g/mol. The minimum absolute atomic E-state index is 0.00578. The maximum absolute atomic E-state index is 12.5. The molecule has 0 radical (unpaired) electrons. The predicted molar refractivity (Wildman–Crippen MR) is 91.2 cm³/mol. The molecule has 2 aromatic carbocycles. The molecule has 0 aromatic heterocycles. The Morgan fingerprint density at radius 2 is 2.12 bits per heavy atom. The Hall–Kier alpha value is -2.82. The minimum atomic E-state index is -0.00915. The summed E-state index contributed by atoms with van der Waals surface area (Å²) < 4.78 is 5.24. The summed E-state index contributed by atoms with van der Waals surface area (Å²) in [6.07, 6.45) is 1.22. The van der Waals surface area contributed by atoms with Gasteiger partial charge in [-0.1, -0.05) is 12.1 Å². The van der Waals surface area contributed by atoms with Gasteiger partial charge in [0, 0.05) is 17.3 Å². The standard InChI is InChI=1S/C19H18N2O3/c1-24-14-4-2-3-11(8-14)15-10-16(15)19(23)20-13-5-6-17-12(7-13)9-18(22)21-17/h2-8,15-16H,9-10H2,1H3,(H,20,23)(H,21,22). The van der Waals surface area contributed by atoms with Crippen LogP contribution in [0.15, 0.2) is 42.5 Å². The number of carbonyl (C=O) groups is 2. The molecule has 0 saturated heterocycles. The Bertz CT molecular complexity index is 831. The second kappa shape index (κ2) is 5.67. The van der Waals surface area contributed by atoms with Crippen molar-refractivity contribution in [2.45, 2.75) is 18.8 Å². The summed E-state index contributed by atoms with van der Waals surface area (Å²) in [5.74, 6) is 1.08. The molecule has 2 amide bonds. The average molecular weight is 322 g/mol. The van der Waals surface area contributed by atoms with Crippen LogP contribution in [0.1, 0.15) is 23.5 Å². The van der Waals surface area contributed by atoms with Gasteiger partial charge in [0.15, 0.2) is 0 Å². The largest absolute Gasteiger partial charge is 0.497 e. The van der Waals surface area contributed by atoms with Gasteiger partial charge in [-0.15, -0.1) is 0 Å². The number of nitrogens with one attached hydrogen (secondary N) is 2. The summed E-state index contributed by atoms with van der Waals surface area (Å²) in [7, 11) is 1.64. The summed E-state index contributed by atoms with van der Waals surface area (Å²) in [6.45, 7) is 0. The van der Waals surface area contributed by atoms with Crippen molar-refractivity contribution in [3.8, 4) is 5.75 Å². The zero-order valence-electron chi connectivity index (χ0n) is 13.3. The highest BCUT2D eigenvalue weighted by molar-refractivity contribution is 6.01. The summed E-state index contributed by atoms with van der Waals surface area (Å²) in [5, 5.41) is 5.76. The SMILES string of the molecule is COc1cccc(C2CC2C(=O)Nc2ccc3c(c2)CC(=O)N3)c1. The van der Waals surface area contributed by atoms with Crippen LogP contribution in [0, 0.1) is 5.92 Å². The first-order chi connectivity index (χ1) is 11.6. The van der Waals surface area contributed by atoms with Crippen LogP contribution in [-0.2, 0) is 16.0 Å². The second-order valence-electron chi connectivity index (χ2n) is 6.31. The number of anilines is 2. The van der Waals surface area contributed by atoms with Crippen molar-refractivity contribution in [2.24, 2.45) is 5.92 Å². The van der Waals surface area contributed by atoms with Crippen molar-refractivity contribution in [1.29, 1.82) is 0 Å². The molecule has 2 aromatic rings. The van der Waals surface area contributed by atoms with Gasteiger partial charge in [-0.3, -0.25) is 9.59 Å². The molecule has 2 aliphatic rings. The van der Waals surface area contributed by atoms with Crippen LogP contribution in [0.4, 0.5) is 11.4 Å². The Balaban J connectivity index is 1.43. The molecule has 1 heterocycles. The topological polar surface area (TPSA) is 67.4 Å². The molecule has 1 saturated carbocycles. The number of methoxy groups -OCH3 is 1. The van der Waals surface area contributed by atoms with E-state index in [1.165, 1.54) is 0 Å². The van der Waals surface area contributed by atoms with Crippen molar-refractivity contribution in [3.05, 3.63) is 53.6 Å². The van der Waals surface area contributed by atoms with E-state index in [9.17, 15) is 9.59 Å². The number of hydrogen-bond donors (Lipinski definition) is 2. The maximum atomic E-state index is 12.5. The second-order valence-corrected chi connectivity index (χ2v) is 6.31. The molecule has 2 atom stereocenters. The van der Waals surface area contributed by atoms with E-state index in [-0.39, 0.29) is 23.7 Å². The molecule has 0 bridgehead atoms. The average Bonchev–Trinajstić information content (AvgIpc) is 3.30. The molecular weight excluding hydrogens is 304 g/mol. The smallest absolute Gasteiger partial charge is 0.228 e. The molecule has 1 fully saturated rings. The van der Waals surface area contributed by atoms with Crippen molar-refractivity contribution in [2.75, 3.05) is 17.7 Å². The molecule has 1 aliphatic heterocycles. The van der Waals surface area contributed by atoms with Crippen LogP contribution < -0.4 is 15.4 Å². The number of fused-ring (bicyclic) bond motifs is 1.